The molecule has 5 heteroatoms. The summed E-state index contributed by atoms with van der Waals surface area (Å²) in [6.45, 7) is 11.5. The standard InChI is InChI=1S/C24H52P.C8H18O3S/c1-5-9-13-17-21-25(22-18-14-10-6-2,23-19-15-11-7-3)24-20-16-12-8-4;1-2-3-4-5-6-7-8-12(9,10)11/h5-24H2,1-4H3;2-8H2,1H3,(H,9,10,11)/q+1;/p-1. The molecule has 3 nitrogen and oxygen atoms in total. The maximum Gasteiger partial charge on any atom is 0.0945 e. The van der Waals surface area contributed by atoms with Crippen LogP contribution in [0.2, 0.25) is 0 Å². The van der Waals surface area contributed by atoms with E-state index in [1.807, 2.05) is 0 Å². The lowest BCUT2D eigenvalue weighted by molar-refractivity contribution is 0.459. The average molecular weight is 565 g/mol. The SMILES string of the molecule is CCCCCCCCS(=O)(=O)[O-].CCCCCC[P+](CCCCCC)(CCCCCC)CCCCCC. The summed E-state index contributed by atoms with van der Waals surface area (Å²) in [7, 11) is -4.62. The molecule has 0 heterocycles. The van der Waals surface area contributed by atoms with Crippen LogP contribution >= 0.6 is 7.26 Å². The molecule has 0 saturated heterocycles. The van der Waals surface area contributed by atoms with Gasteiger partial charge in [0.25, 0.3) is 0 Å². The predicted octanol–water partition coefficient (Wildman–Crippen LogP) is 11.2. The Morgan fingerprint density at radius 1 is 0.405 bits per heavy atom. The number of unbranched alkanes of at least 4 members (excludes halogenated alkanes) is 17. The molecule has 37 heavy (non-hydrogen) atoms. The summed E-state index contributed by atoms with van der Waals surface area (Å²) < 4.78 is 30.5. The minimum absolute atomic E-state index is 0.195. The molecule has 0 aromatic heterocycles. The molecular weight excluding hydrogens is 495 g/mol. The van der Waals surface area contributed by atoms with Gasteiger partial charge in [-0.1, -0.05) is 118 Å². The van der Waals surface area contributed by atoms with Crippen molar-refractivity contribution >= 4 is 17.4 Å². The van der Waals surface area contributed by atoms with Gasteiger partial charge in [0, 0.05) is 13.0 Å². The normalized spacial score (nSPS) is 11.9. The Morgan fingerprint density at radius 2 is 0.649 bits per heavy atom. The molecule has 0 aliphatic carbocycles. The third kappa shape index (κ3) is 30.7. The molecule has 0 N–H and O–H groups in total. The maximum absolute atomic E-state index is 10.2. The molecule has 0 aromatic carbocycles. The molecule has 0 spiro atoms. The second-order valence-corrected chi connectivity index (χ2v) is 17.5. The molecule has 0 bridgehead atoms. The molecule has 226 valence electrons. The molecule has 0 unspecified atom stereocenters. The van der Waals surface area contributed by atoms with Gasteiger partial charge in [0.05, 0.1) is 34.8 Å². The van der Waals surface area contributed by atoms with E-state index in [4.69, 9.17) is 0 Å². The van der Waals surface area contributed by atoms with Crippen molar-refractivity contribution < 1.29 is 13.0 Å². The monoisotopic (exact) mass is 564 g/mol. The minimum Gasteiger partial charge on any atom is -0.748 e. The van der Waals surface area contributed by atoms with E-state index in [1.54, 1.807) is 24.6 Å². The predicted molar refractivity (Wildman–Crippen MR) is 171 cm³/mol. The van der Waals surface area contributed by atoms with E-state index >= 15 is 0 Å². The highest BCUT2D eigenvalue weighted by molar-refractivity contribution is 7.85. The van der Waals surface area contributed by atoms with Crippen LogP contribution in [0.15, 0.2) is 0 Å². The average Bonchev–Trinajstić information content (AvgIpc) is 2.87. The second kappa shape index (κ2) is 29.3. The van der Waals surface area contributed by atoms with Gasteiger partial charge in [0.2, 0.25) is 0 Å². The van der Waals surface area contributed by atoms with Crippen molar-refractivity contribution in [3.8, 4) is 0 Å². The fourth-order valence-electron chi connectivity index (χ4n) is 5.23. The highest BCUT2D eigenvalue weighted by atomic mass is 32.2. The molecule has 0 aromatic rings. The van der Waals surface area contributed by atoms with Crippen LogP contribution in [0.3, 0.4) is 0 Å². The number of rotatable bonds is 27. The van der Waals surface area contributed by atoms with E-state index in [-0.39, 0.29) is 5.75 Å². The van der Waals surface area contributed by atoms with Crippen LogP contribution in [0.25, 0.3) is 0 Å². The van der Waals surface area contributed by atoms with Gasteiger partial charge in [-0.2, -0.15) is 0 Å². The molecule has 0 radical (unpaired) electrons. The summed E-state index contributed by atoms with van der Waals surface area (Å²) >= 11 is 0. The summed E-state index contributed by atoms with van der Waals surface area (Å²) in [6, 6.07) is 0. The zero-order valence-electron chi connectivity index (χ0n) is 26.2. The van der Waals surface area contributed by atoms with E-state index in [1.165, 1.54) is 116 Å². The van der Waals surface area contributed by atoms with E-state index in [9.17, 15) is 13.0 Å². The van der Waals surface area contributed by atoms with E-state index in [2.05, 4.69) is 34.6 Å². The summed E-state index contributed by atoms with van der Waals surface area (Å²) in [5, 5.41) is 0. The quantitative estimate of drug-likeness (QED) is 0.0566. The van der Waals surface area contributed by atoms with Crippen LogP contribution in [0, 0.1) is 0 Å². The maximum atomic E-state index is 10.2. The topological polar surface area (TPSA) is 57.2 Å². The Labute approximate surface area is 236 Å². The highest BCUT2D eigenvalue weighted by Gasteiger charge is 2.34. The van der Waals surface area contributed by atoms with E-state index in [0.717, 1.165) is 19.3 Å². The fraction of sp³-hybridized carbons (Fsp3) is 1.00. The molecule has 0 aliphatic rings. The molecule has 0 aliphatic heterocycles. The fourth-order valence-corrected chi connectivity index (χ4v) is 10.7. The smallest absolute Gasteiger partial charge is 0.0945 e. The number of hydrogen-bond donors (Lipinski definition) is 0. The third-order valence-electron chi connectivity index (χ3n) is 7.69. The van der Waals surface area contributed by atoms with Gasteiger partial charge in [-0.3, -0.25) is 0 Å². The van der Waals surface area contributed by atoms with Gasteiger partial charge in [-0.05, 0) is 57.8 Å². The van der Waals surface area contributed by atoms with Crippen molar-refractivity contribution in [2.75, 3.05) is 30.4 Å². The lowest BCUT2D eigenvalue weighted by Gasteiger charge is -2.28. The molecule has 0 atom stereocenters. The summed E-state index contributed by atoms with van der Waals surface area (Å²) in [5.74, 6) is -0.195. The zero-order chi connectivity index (χ0) is 28.1. The Balaban J connectivity index is 0. The van der Waals surface area contributed by atoms with Crippen LogP contribution < -0.4 is 0 Å². The molecular formula is C32H69O3PS. The van der Waals surface area contributed by atoms with Gasteiger partial charge in [0.15, 0.2) is 0 Å². The first-order valence-corrected chi connectivity index (χ1v) is 20.7. The van der Waals surface area contributed by atoms with E-state index in [0.29, 0.717) is 6.42 Å². The molecule has 0 saturated carbocycles. The molecule has 0 fully saturated rings. The first-order valence-electron chi connectivity index (χ1n) is 16.6. The van der Waals surface area contributed by atoms with Gasteiger partial charge >= 0.3 is 0 Å². The summed E-state index contributed by atoms with van der Waals surface area (Å²) in [5.41, 5.74) is 0. The Kier molecular flexibility index (Phi) is 31.3. The van der Waals surface area contributed by atoms with Crippen LogP contribution in [0.4, 0.5) is 0 Å². The van der Waals surface area contributed by atoms with Crippen molar-refractivity contribution in [2.45, 2.75) is 176 Å². The summed E-state index contributed by atoms with van der Waals surface area (Å²) in [4.78, 5) is 0. The van der Waals surface area contributed by atoms with Gasteiger partial charge < -0.3 is 4.55 Å². The lowest BCUT2D eigenvalue weighted by atomic mass is 10.1. The Morgan fingerprint density at radius 3 is 0.919 bits per heavy atom. The van der Waals surface area contributed by atoms with Crippen LogP contribution in [-0.4, -0.2) is 43.4 Å². The molecule has 0 rings (SSSR count). The van der Waals surface area contributed by atoms with Gasteiger partial charge in [-0.25, -0.2) is 8.42 Å². The van der Waals surface area contributed by atoms with Crippen LogP contribution in [0.5, 0.6) is 0 Å². The van der Waals surface area contributed by atoms with Crippen molar-refractivity contribution in [3.05, 3.63) is 0 Å². The third-order valence-corrected chi connectivity index (χ3v) is 13.5. The second-order valence-electron chi connectivity index (χ2n) is 11.5. The van der Waals surface area contributed by atoms with Crippen molar-refractivity contribution in [3.63, 3.8) is 0 Å². The van der Waals surface area contributed by atoms with E-state index < -0.39 is 17.4 Å². The first kappa shape index (κ1) is 39.5. The van der Waals surface area contributed by atoms with Crippen molar-refractivity contribution in [2.24, 2.45) is 0 Å². The summed E-state index contributed by atoms with van der Waals surface area (Å²) in [6.07, 6.45) is 36.0. The van der Waals surface area contributed by atoms with Crippen LogP contribution in [0.1, 0.15) is 176 Å². The first-order chi connectivity index (χ1) is 17.8. The Hall–Kier alpha value is 0.340. The molecule has 0 amide bonds. The Bertz CT molecular complexity index is 483. The number of hydrogen-bond acceptors (Lipinski definition) is 3. The van der Waals surface area contributed by atoms with Crippen molar-refractivity contribution in [1.29, 1.82) is 0 Å². The van der Waals surface area contributed by atoms with Gasteiger partial charge in [-0.15, -0.1) is 0 Å². The zero-order valence-corrected chi connectivity index (χ0v) is 27.9. The highest BCUT2D eigenvalue weighted by Crippen LogP contribution is 2.61. The lowest BCUT2D eigenvalue weighted by Crippen LogP contribution is -2.13. The van der Waals surface area contributed by atoms with Crippen LogP contribution in [-0.2, 0) is 10.1 Å². The van der Waals surface area contributed by atoms with Crippen molar-refractivity contribution in [1.82, 2.24) is 0 Å². The minimum atomic E-state index is -3.97. The van der Waals surface area contributed by atoms with Gasteiger partial charge in [0.1, 0.15) is 0 Å². The largest absolute Gasteiger partial charge is 0.748 e.